The number of H-pyrrole nitrogens is 1. The molecule has 0 saturated carbocycles. The van der Waals surface area contributed by atoms with Gasteiger partial charge in [-0.3, -0.25) is 4.79 Å². The molecule has 118 valence electrons. The molecule has 2 N–H and O–H groups in total. The summed E-state index contributed by atoms with van der Waals surface area (Å²) in [7, 11) is -2.53. The fourth-order valence-electron chi connectivity index (χ4n) is 1.67. The van der Waals surface area contributed by atoms with Crippen molar-refractivity contribution >= 4 is 27.6 Å². The van der Waals surface area contributed by atoms with E-state index < -0.39 is 16.0 Å². The Kier molecular flexibility index (Phi) is 4.74. The number of aromatic nitrogens is 4. The molecule has 0 amide bonds. The maximum absolute atomic E-state index is 12.4. The number of hydrogen-bond donors (Lipinski definition) is 2. The lowest BCUT2D eigenvalue weighted by Gasteiger charge is -2.16. The lowest BCUT2D eigenvalue weighted by atomic mass is 10.2. The predicted octanol–water partition coefficient (Wildman–Crippen LogP) is 0.615. The van der Waals surface area contributed by atoms with E-state index in [-0.39, 0.29) is 28.7 Å². The molecule has 0 unspecified atom stereocenters. The summed E-state index contributed by atoms with van der Waals surface area (Å²) in [5.74, 6) is -0.916. The van der Waals surface area contributed by atoms with Gasteiger partial charge in [0.05, 0.1) is 16.3 Å². The zero-order chi connectivity index (χ0) is 16.3. The highest BCUT2D eigenvalue weighted by Gasteiger charge is 2.23. The Morgan fingerprint density at radius 1 is 1.45 bits per heavy atom. The number of rotatable bonds is 6. The van der Waals surface area contributed by atoms with Crippen LogP contribution in [-0.2, 0) is 14.8 Å². The Balaban J connectivity index is 2.36. The molecule has 0 atom stereocenters. The van der Waals surface area contributed by atoms with E-state index in [9.17, 15) is 13.2 Å². The molecule has 0 fully saturated rings. The van der Waals surface area contributed by atoms with Crippen LogP contribution in [0, 0.1) is 0 Å². The molecule has 22 heavy (non-hydrogen) atoms. The number of carboxylic acid groups (broad SMARTS) is 1. The number of sulfonamides is 1. The van der Waals surface area contributed by atoms with E-state index in [4.69, 9.17) is 16.7 Å². The third-order valence-electron chi connectivity index (χ3n) is 2.87. The summed E-state index contributed by atoms with van der Waals surface area (Å²) >= 11 is 6.01. The fourth-order valence-corrected chi connectivity index (χ4v) is 3.07. The Labute approximate surface area is 131 Å². The molecule has 0 radical (unpaired) electrons. The SMILES string of the molecule is CN(CCC(=O)O)S(=O)(=O)c1ccc(Cl)c(-c2nn[nH]n2)c1. The van der Waals surface area contributed by atoms with Gasteiger partial charge in [-0.1, -0.05) is 11.6 Å². The Hall–Kier alpha value is -2.04. The minimum atomic E-state index is -3.84. The van der Waals surface area contributed by atoms with Crippen molar-refractivity contribution in [2.75, 3.05) is 13.6 Å². The third kappa shape index (κ3) is 3.40. The van der Waals surface area contributed by atoms with Crippen LogP contribution in [0.1, 0.15) is 6.42 Å². The van der Waals surface area contributed by atoms with Crippen molar-refractivity contribution in [1.82, 2.24) is 24.9 Å². The van der Waals surface area contributed by atoms with Gasteiger partial charge in [0, 0.05) is 19.2 Å². The molecular weight excluding hydrogens is 334 g/mol. The third-order valence-corrected chi connectivity index (χ3v) is 5.06. The first-order valence-corrected chi connectivity index (χ1v) is 7.85. The highest BCUT2D eigenvalue weighted by molar-refractivity contribution is 7.89. The number of tetrazole rings is 1. The molecule has 1 heterocycles. The van der Waals surface area contributed by atoms with E-state index in [1.807, 2.05) is 0 Å². The number of nitrogens with one attached hydrogen (secondary N) is 1. The number of hydrogen-bond acceptors (Lipinski definition) is 6. The van der Waals surface area contributed by atoms with Gasteiger partial charge in [0.1, 0.15) is 0 Å². The predicted molar refractivity (Wildman–Crippen MR) is 76.7 cm³/mol. The first-order chi connectivity index (χ1) is 10.3. The minimum Gasteiger partial charge on any atom is -0.481 e. The second kappa shape index (κ2) is 6.38. The summed E-state index contributed by atoms with van der Waals surface area (Å²) in [4.78, 5) is 10.5. The van der Waals surface area contributed by atoms with Gasteiger partial charge in [0.15, 0.2) is 0 Å². The van der Waals surface area contributed by atoms with E-state index in [2.05, 4.69) is 20.6 Å². The molecule has 2 aromatic rings. The molecule has 1 aromatic carbocycles. The Morgan fingerprint density at radius 3 is 2.77 bits per heavy atom. The number of benzene rings is 1. The Morgan fingerprint density at radius 2 is 2.18 bits per heavy atom. The minimum absolute atomic E-state index is 0.0374. The molecule has 2 rings (SSSR count). The molecule has 1 aromatic heterocycles. The van der Waals surface area contributed by atoms with Crippen LogP contribution in [0.2, 0.25) is 5.02 Å². The van der Waals surface area contributed by atoms with Gasteiger partial charge < -0.3 is 5.11 Å². The Bertz CT molecular complexity index is 778. The molecule has 0 spiro atoms. The fraction of sp³-hybridized carbons (Fsp3) is 0.273. The summed E-state index contributed by atoms with van der Waals surface area (Å²) in [5, 5.41) is 22.1. The number of carboxylic acids is 1. The van der Waals surface area contributed by atoms with Crippen molar-refractivity contribution in [3.63, 3.8) is 0 Å². The highest BCUT2D eigenvalue weighted by Crippen LogP contribution is 2.28. The number of aliphatic carboxylic acids is 1. The zero-order valence-electron chi connectivity index (χ0n) is 11.4. The summed E-state index contributed by atoms with van der Waals surface area (Å²) in [5.41, 5.74) is 0.308. The number of nitrogens with zero attached hydrogens (tertiary/aromatic N) is 4. The molecule has 0 bridgehead atoms. The van der Waals surface area contributed by atoms with Crippen LogP contribution in [0.25, 0.3) is 11.4 Å². The van der Waals surface area contributed by atoms with Crippen LogP contribution in [0.5, 0.6) is 0 Å². The molecule has 0 aliphatic carbocycles. The van der Waals surface area contributed by atoms with Crippen molar-refractivity contribution in [3.8, 4) is 11.4 Å². The van der Waals surface area contributed by atoms with E-state index in [1.54, 1.807) is 0 Å². The van der Waals surface area contributed by atoms with Crippen LogP contribution in [0.4, 0.5) is 0 Å². The van der Waals surface area contributed by atoms with Crippen molar-refractivity contribution in [2.45, 2.75) is 11.3 Å². The molecular formula is C11H12ClN5O4S. The van der Waals surface area contributed by atoms with E-state index >= 15 is 0 Å². The van der Waals surface area contributed by atoms with Crippen molar-refractivity contribution in [2.24, 2.45) is 0 Å². The topological polar surface area (TPSA) is 129 Å². The molecule has 9 nitrogen and oxygen atoms in total. The second-order valence-electron chi connectivity index (χ2n) is 4.35. The average Bonchev–Trinajstić information content (AvgIpc) is 2.98. The van der Waals surface area contributed by atoms with Gasteiger partial charge in [0.25, 0.3) is 0 Å². The summed E-state index contributed by atoms with van der Waals surface area (Å²) in [6, 6.07) is 4.06. The maximum Gasteiger partial charge on any atom is 0.304 e. The van der Waals surface area contributed by atoms with Crippen molar-refractivity contribution in [3.05, 3.63) is 23.2 Å². The van der Waals surface area contributed by atoms with E-state index in [1.165, 1.54) is 25.2 Å². The van der Waals surface area contributed by atoms with Crippen LogP contribution < -0.4 is 0 Å². The normalized spacial score (nSPS) is 11.8. The van der Waals surface area contributed by atoms with Gasteiger partial charge in [-0.15, -0.1) is 10.2 Å². The van der Waals surface area contributed by atoms with Gasteiger partial charge in [-0.25, -0.2) is 12.7 Å². The summed E-state index contributed by atoms with van der Waals surface area (Å²) < 4.78 is 25.8. The first-order valence-electron chi connectivity index (χ1n) is 6.04. The van der Waals surface area contributed by atoms with Crippen LogP contribution in [0.15, 0.2) is 23.1 Å². The summed E-state index contributed by atoms with van der Waals surface area (Å²) in [6.07, 6.45) is -0.291. The summed E-state index contributed by atoms with van der Waals surface area (Å²) in [6.45, 7) is -0.141. The second-order valence-corrected chi connectivity index (χ2v) is 6.80. The monoisotopic (exact) mass is 345 g/mol. The van der Waals surface area contributed by atoms with Gasteiger partial charge in [-0.2, -0.15) is 5.21 Å². The van der Waals surface area contributed by atoms with Crippen LogP contribution in [0.3, 0.4) is 0 Å². The number of carbonyl (C=O) groups is 1. The van der Waals surface area contributed by atoms with E-state index in [0.717, 1.165) is 4.31 Å². The first kappa shape index (κ1) is 16.3. The van der Waals surface area contributed by atoms with Gasteiger partial charge in [0.2, 0.25) is 15.8 Å². The molecule has 0 aliphatic heterocycles. The average molecular weight is 346 g/mol. The zero-order valence-corrected chi connectivity index (χ0v) is 13.0. The molecule has 11 heteroatoms. The van der Waals surface area contributed by atoms with Gasteiger partial charge in [-0.05, 0) is 23.4 Å². The highest BCUT2D eigenvalue weighted by atomic mass is 35.5. The van der Waals surface area contributed by atoms with Crippen molar-refractivity contribution in [1.29, 1.82) is 0 Å². The maximum atomic E-state index is 12.4. The van der Waals surface area contributed by atoms with Crippen molar-refractivity contribution < 1.29 is 18.3 Å². The van der Waals surface area contributed by atoms with Gasteiger partial charge >= 0.3 is 5.97 Å². The quantitative estimate of drug-likeness (QED) is 0.784. The smallest absolute Gasteiger partial charge is 0.304 e. The standard InChI is InChI=1S/C11H12ClN5O4S/c1-17(5-4-10(18)19)22(20,21)7-2-3-9(12)8(6-7)11-13-15-16-14-11/h2-3,6H,4-5H2,1H3,(H,18,19)(H,13,14,15,16). The lowest BCUT2D eigenvalue weighted by Crippen LogP contribution is -2.29. The lowest BCUT2D eigenvalue weighted by molar-refractivity contribution is -0.137. The van der Waals surface area contributed by atoms with Crippen LogP contribution in [-0.4, -0.2) is 58.0 Å². The molecule has 0 saturated heterocycles. The molecule has 0 aliphatic rings. The van der Waals surface area contributed by atoms with Crippen LogP contribution >= 0.6 is 11.6 Å². The van der Waals surface area contributed by atoms with E-state index in [0.29, 0.717) is 5.56 Å². The number of halogens is 1. The number of aromatic amines is 1. The largest absolute Gasteiger partial charge is 0.481 e.